The van der Waals surface area contributed by atoms with E-state index in [1.54, 1.807) is 0 Å². The number of esters is 1. The van der Waals surface area contributed by atoms with Crippen molar-refractivity contribution in [2.24, 2.45) is 0 Å². The standard InChI is InChI=1S/C12H22O2/c1-5-7-12(8-6-2)9-10(3)14-11(4)13/h9-10H,5-8H2,1-4H3/t10-/m1/s1. The Kier molecular flexibility index (Phi) is 7.17. The van der Waals surface area contributed by atoms with Crippen molar-refractivity contribution in [2.45, 2.75) is 59.5 Å². The van der Waals surface area contributed by atoms with Gasteiger partial charge in [0.05, 0.1) is 0 Å². The first-order valence-corrected chi connectivity index (χ1v) is 5.46. The molecule has 2 nitrogen and oxygen atoms in total. The number of carbonyl (C=O) groups excluding carboxylic acids is 1. The second-order valence-electron chi connectivity index (χ2n) is 3.64. The molecule has 0 saturated heterocycles. The summed E-state index contributed by atoms with van der Waals surface area (Å²) < 4.78 is 5.06. The summed E-state index contributed by atoms with van der Waals surface area (Å²) >= 11 is 0. The van der Waals surface area contributed by atoms with Crippen LogP contribution in [0, 0.1) is 0 Å². The van der Waals surface area contributed by atoms with Gasteiger partial charge in [-0.05, 0) is 25.8 Å². The van der Waals surface area contributed by atoms with Gasteiger partial charge in [0.1, 0.15) is 6.10 Å². The summed E-state index contributed by atoms with van der Waals surface area (Å²) in [6, 6.07) is 0. The lowest BCUT2D eigenvalue weighted by Crippen LogP contribution is -2.10. The van der Waals surface area contributed by atoms with Crippen molar-refractivity contribution in [3.8, 4) is 0 Å². The van der Waals surface area contributed by atoms with Gasteiger partial charge in [-0.25, -0.2) is 0 Å². The molecule has 0 heterocycles. The van der Waals surface area contributed by atoms with Crippen molar-refractivity contribution in [1.29, 1.82) is 0 Å². The molecule has 0 amide bonds. The molecule has 14 heavy (non-hydrogen) atoms. The topological polar surface area (TPSA) is 26.3 Å². The van der Waals surface area contributed by atoms with Crippen LogP contribution in [0.15, 0.2) is 11.6 Å². The van der Waals surface area contributed by atoms with Crippen LogP contribution in [-0.4, -0.2) is 12.1 Å². The molecule has 0 aromatic heterocycles. The first-order chi connectivity index (χ1) is 6.60. The summed E-state index contributed by atoms with van der Waals surface area (Å²) in [7, 11) is 0. The SMILES string of the molecule is CCCC(=C[C@@H](C)OC(C)=O)CCC. The molecule has 1 atom stereocenters. The Morgan fingerprint density at radius 3 is 2.14 bits per heavy atom. The Morgan fingerprint density at radius 2 is 1.79 bits per heavy atom. The van der Waals surface area contributed by atoms with E-state index < -0.39 is 0 Å². The lowest BCUT2D eigenvalue weighted by Gasteiger charge is -2.10. The minimum atomic E-state index is -0.207. The average molecular weight is 198 g/mol. The van der Waals surface area contributed by atoms with Crippen LogP contribution in [0.3, 0.4) is 0 Å². The number of hydrogen-bond acceptors (Lipinski definition) is 2. The van der Waals surface area contributed by atoms with Crippen LogP contribution in [0.1, 0.15) is 53.4 Å². The molecule has 0 aliphatic heterocycles. The molecule has 2 heteroatoms. The van der Waals surface area contributed by atoms with Crippen LogP contribution in [0.2, 0.25) is 0 Å². The van der Waals surface area contributed by atoms with Gasteiger partial charge in [0.15, 0.2) is 0 Å². The van der Waals surface area contributed by atoms with E-state index in [0.29, 0.717) is 0 Å². The van der Waals surface area contributed by atoms with Gasteiger partial charge in [-0.2, -0.15) is 0 Å². The van der Waals surface area contributed by atoms with Crippen molar-refractivity contribution in [2.75, 3.05) is 0 Å². The lowest BCUT2D eigenvalue weighted by atomic mass is 10.0. The molecule has 0 N–H and O–H groups in total. The van der Waals surface area contributed by atoms with Crippen LogP contribution < -0.4 is 0 Å². The van der Waals surface area contributed by atoms with E-state index in [-0.39, 0.29) is 12.1 Å². The van der Waals surface area contributed by atoms with Crippen molar-refractivity contribution in [3.63, 3.8) is 0 Å². The number of carbonyl (C=O) groups is 1. The summed E-state index contributed by atoms with van der Waals surface area (Å²) in [6.07, 6.45) is 6.52. The molecule has 0 rings (SSSR count). The largest absolute Gasteiger partial charge is 0.459 e. The minimum Gasteiger partial charge on any atom is -0.459 e. The first-order valence-electron chi connectivity index (χ1n) is 5.46. The summed E-state index contributed by atoms with van der Waals surface area (Å²) in [6.45, 7) is 7.69. The quantitative estimate of drug-likeness (QED) is 0.482. The van der Waals surface area contributed by atoms with Gasteiger partial charge in [-0.15, -0.1) is 0 Å². The van der Waals surface area contributed by atoms with Crippen molar-refractivity contribution in [3.05, 3.63) is 11.6 Å². The molecule has 0 aromatic rings. The second-order valence-corrected chi connectivity index (χ2v) is 3.64. The van der Waals surface area contributed by atoms with Gasteiger partial charge < -0.3 is 4.74 Å². The van der Waals surface area contributed by atoms with E-state index in [0.717, 1.165) is 25.7 Å². The van der Waals surface area contributed by atoms with E-state index in [1.165, 1.54) is 12.5 Å². The maximum absolute atomic E-state index is 10.7. The Morgan fingerprint density at radius 1 is 1.29 bits per heavy atom. The molecule has 0 bridgehead atoms. The van der Waals surface area contributed by atoms with E-state index >= 15 is 0 Å². The maximum atomic E-state index is 10.7. The summed E-state index contributed by atoms with van der Waals surface area (Å²) in [4.78, 5) is 10.7. The predicted octanol–water partition coefficient (Wildman–Crippen LogP) is 3.46. The molecule has 82 valence electrons. The van der Waals surface area contributed by atoms with Crippen LogP contribution in [0.25, 0.3) is 0 Å². The van der Waals surface area contributed by atoms with Crippen LogP contribution in [0.4, 0.5) is 0 Å². The molecule has 0 aromatic carbocycles. The number of allylic oxidation sites excluding steroid dienone is 1. The molecule has 0 radical (unpaired) electrons. The van der Waals surface area contributed by atoms with Crippen LogP contribution in [-0.2, 0) is 9.53 Å². The molecule has 0 spiro atoms. The fraction of sp³-hybridized carbons (Fsp3) is 0.750. The Balaban J connectivity index is 4.15. The number of ether oxygens (including phenoxy) is 1. The third-order valence-corrected chi connectivity index (χ3v) is 1.96. The third-order valence-electron chi connectivity index (χ3n) is 1.96. The summed E-state index contributed by atoms with van der Waals surface area (Å²) in [5.74, 6) is -0.207. The predicted molar refractivity (Wildman–Crippen MR) is 59.1 cm³/mol. The fourth-order valence-electron chi connectivity index (χ4n) is 1.56. The highest BCUT2D eigenvalue weighted by Gasteiger charge is 2.03. The van der Waals surface area contributed by atoms with E-state index in [2.05, 4.69) is 19.9 Å². The van der Waals surface area contributed by atoms with Crippen LogP contribution in [0.5, 0.6) is 0 Å². The van der Waals surface area contributed by atoms with Crippen molar-refractivity contribution in [1.82, 2.24) is 0 Å². The van der Waals surface area contributed by atoms with Gasteiger partial charge in [0.2, 0.25) is 0 Å². The highest BCUT2D eigenvalue weighted by Crippen LogP contribution is 2.13. The maximum Gasteiger partial charge on any atom is 0.303 e. The third kappa shape index (κ3) is 6.70. The fourth-order valence-corrected chi connectivity index (χ4v) is 1.56. The molecule has 0 aliphatic rings. The van der Waals surface area contributed by atoms with Gasteiger partial charge in [-0.1, -0.05) is 32.3 Å². The molecule has 0 aliphatic carbocycles. The molecule has 0 saturated carbocycles. The number of rotatable bonds is 6. The highest BCUT2D eigenvalue weighted by atomic mass is 16.5. The molecular formula is C12H22O2. The van der Waals surface area contributed by atoms with Gasteiger partial charge >= 0.3 is 5.97 Å². The van der Waals surface area contributed by atoms with Crippen molar-refractivity contribution >= 4 is 5.97 Å². The first kappa shape index (κ1) is 13.2. The molecule has 0 fully saturated rings. The van der Waals surface area contributed by atoms with Crippen molar-refractivity contribution < 1.29 is 9.53 Å². The van der Waals surface area contributed by atoms with Crippen LogP contribution >= 0.6 is 0 Å². The van der Waals surface area contributed by atoms with E-state index in [1.807, 2.05) is 6.92 Å². The Labute approximate surface area is 87.3 Å². The van der Waals surface area contributed by atoms with E-state index in [9.17, 15) is 4.79 Å². The summed E-state index contributed by atoms with van der Waals surface area (Å²) in [5, 5.41) is 0. The van der Waals surface area contributed by atoms with Gasteiger partial charge in [0, 0.05) is 6.92 Å². The molecule has 0 unspecified atom stereocenters. The second kappa shape index (κ2) is 7.60. The smallest absolute Gasteiger partial charge is 0.303 e. The molecular weight excluding hydrogens is 176 g/mol. The summed E-state index contributed by atoms with van der Waals surface area (Å²) in [5.41, 5.74) is 1.41. The highest BCUT2D eigenvalue weighted by molar-refractivity contribution is 5.66. The minimum absolute atomic E-state index is 0.0828. The zero-order chi connectivity index (χ0) is 11.0. The Hall–Kier alpha value is -0.790. The average Bonchev–Trinajstić information content (AvgIpc) is 2.03. The zero-order valence-electron chi connectivity index (χ0n) is 9.80. The normalized spacial score (nSPS) is 12.0. The van der Waals surface area contributed by atoms with Gasteiger partial charge in [-0.3, -0.25) is 4.79 Å². The lowest BCUT2D eigenvalue weighted by molar-refractivity contribution is -0.143. The van der Waals surface area contributed by atoms with Gasteiger partial charge in [0.25, 0.3) is 0 Å². The number of hydrogen-bond donors (Lipinski definition) is 0. The zero-order valence-corrected chi connectivity index (χ0v) is 9.80. The van der Waals surface area contributed by atoms with E-state index in [4.69, 9.17) is 4.74 Å². The Bertz CT molecular complexity index is 186. The monoisotopic (exact) mass is 198 g/mol.